The van der Waals surface area contributed by atoms with E-state index in [9.17, 15) is 0 Å². The zero-order valence-electron chi connectivity index (χ0n) is 9.49. The van der Waals surface area contributed by atoms with Crippen molar-refractivity contribution in [1.29, 1.82) is 0 Å². The minimum Gasteiger partial charge on any atom is -0.493 e. The van der Waals surface area contributed by atoms with Gasteiger partial charge in [-0.05, 0) is 19.1 Å². The Kier molecular flexibility index (Phi) is 2.92. The van der Waals surface area contributed by atoms with Crippen LogP contribution in [-0.2, 0) is 0 Å². The van der Waals surface area contributed by atoms with E-state index in [1.54, 1.807) is 21.3 Å². The van der Waals surface area contributed by atoms with Gasteiger partial charge in [0.25, 0.3) is 0 Å². The molecule has 2 aromatic rings. The van der Waals surface area contributed by atoms with Crippen LogP contribution in [0.1, 0.15) is 4.88 Å². The molecular weight excluding hydrogens is 224 g/mol. The number of fused-ring (bicyclic) bond motifs is 1. The lowest BCUT2D eigenvalue weighted by molar-refractivity contribution is 0.358. The first-order valence-electron chi connectivity index (χ1n) is 4.76. The van der Waals surface area contributed by atoms with Crippen molar-refractivity contribution >= 4 is 22.1 Å². The fraction of sp³-hybridized carbons (Fsp3) is 0.250. The summed E-state index contributed by atoms with van der Waals surface area (Å²) in [6, 6.07) is 3.83. The van der Waals surface area contributed by atoms with E-state index in [2.05, 4.69) is 6.92 Å². The van der Waals surface area contributed by atoms with E-state index in [4.69, 9.17) is 14.2 Å². The van der Waals surface area contributed by atoms with Crippen molar-refractivity contribution in [3.8, 4) is 16.6 Å². The molecule has 0 aliphatic heterocycles. The molecule has 2 rings (SSSR count). The SMILES string of the molecule is [CH2]c1sc(OC)c2ccc(OC)c(OC)c12. The number of methoxy groups -OCH3 is 3. The molecule has 0 amide bonds. The van der Waals surface area contributed by atoms with E-state index in [0.29, 0.717) is 11.5 Å². The summed E-state index contributed by atoms with van der Waals surface area (Å²) in [6.07, 6.45) is 0. The summed E-state index contributed by atoms with van der Waals surface area (Å²) in [7, 11) is 4.90. The Morgan fingerprint density at radius 1 is 1.06 bits per heavy atom. The smallest absolute Gasteiger partial charge is 0.181 e. The van der Waals surface area contributed by atoms with Gasteiger partial charge < -0.3 is 14.2 Å². The molecule has 1 aromatic heterocycles. The van der Waals surface area contributed by atoms with Gasteiger partial charge in [-0.1, -0.05) is 0 Å². The predicted molar refractivity (Wildman–Crippen MR) is 65.9 cm³/mol. The van der Waals surface area contributed by atoms with Gasteiger partial charge in [-0.15, -0.1) is 11.3 Å². The topological polar surface area (TPSA) is 27.7 Å². The predicted octanol–water partition coefficient (Wildman–Crippen LogP) is 3.11. The Morgan fingerprint density at radius 3 is 2.38 bits per heavy atom. The van der Waals surface area contributed by atoms with Crippen LogP contribution in [0.4, 0.5) is 0 Å². The van der Waals surface area contributed by atoms with Gasteiger partial charge in [0.1, 0.15) is 0 Å². The fourth-order valence-electron chi connectivity index (χ4n) is 1.74. The Balaban J connectivity index is 2.81. The standard InChI is InChI=1S/C12H13O3S/c1-7-10-8(12(15-4)16-7)5-6-9(13-2)11(10)14-3/h5-6H,1H2,2-4H3. The van der Waals surface area contributed by atoms with E-state index in [1.165, 1.54) is 11.3 Å². The zero-order valence-corrected chi connectivity index (χ0v) is 10.3. The van der Waals surface area contributed by atoms with Crippen molar-refractivity contribution in [2.75, 3.05) is 21.3 Å². The first-order valence-corrected chi connectivity index (χ1v) is 5.58. The lowest BCUT2D eigenvalue weighted by Gasteiger charge is -2.09. The van der Waals surface area contributed by atoms with Gasteiger partial charge in [-0.25, -0.2) is 0 Å². The number of thiophene rings is 1. The molecule has 0 saturated carbocycles. The molecule has 0 atom stereocenters. The molecule has 1 heterocycles. The maximum atomic E-state index is 5.37. The third kappa shape index (κ3) is 1.50. The van der Waals surface area contributed by atoms with Gasteiger partial charge in [0.05, 0.1) is 21.3 Å². The third-order valence-corrected chi connectivity index (χ3v) is 3.47. The molecule has 4 heteroatoms. The summed E-state index contributed by atoms with van der Waals surface area (Å²) in [5.74, 6) is 1.42. The average Bonchev–Trinajstić information content (AvgIpc) is 2.65. The molecule has 85 valence electrons. The lowest BCUT2D eigenvalue weighted by atomic mass is 10.1. The van der Waals surface area contributed by atoms with Crippen LogP contribution >= 0.6 is 11.3 Å². The van der Waals surface area contributed by atoms with Gasteiger partial charge in [0, 0.05) is 15.6 Å². The van der Waals surface area contributed by atoms with E-state index in [0.717, 1.165) is 20.7 Å². The van der Waals surface area contributed by atoms with Crippen molar-refractivity contribution in [2.45, 2.75) is 0 Å². The van der Waals surface area contributed by atoms with Crippen LogP contribution < -0.4 is 14.2 Å². The molecule has 0 bridgehead atoms. The van der Waals surface area contributed by atoms with E-state index in [1.807, 2.05) is 12.1 Å². The maximum absolute atomic E-state index is 5.37. The van der Waals surface area contributed by atoms with Crippen LogP contribution in [0, 0.1) is 6.92 Å². The summed E-state index contributed by atoms with van der Waals surface area (Å²) in [4.78, 5) is 0.919. The second-order valence-electron chi connectivity index (χ2n) is 3.24. The van der Waals surface area contributed by atoms with Gasteiger partial charge in [0.2, 0.25) is 0 Å². The second kappa shape index (κ2) is 4.22. The number of benzene rings is 1. The zero-order chi connectivity index (χ0) is 11.7. The van der Waals surface area contributed by atoms with Crippen molar-refractivity contribution in [3.63, 3.8) is 0 Å². The van der Waals surface area contributed by atoms with Crippen LogP contribution in [0.3, 0.4) is 0 Å². The van der Waals surface area contributed by atoms with E-state index >= 15 is 0 Å². The number of hydrogen-bond donors (Lipinski definition) is 0. The van der Waals surface area contributed by atoms with E-state index in [-0.39, 0.29) is 0 Å². The van der Waals surface area contributed by atoms with E-state index < -0.39 is 0 Å². The lowest BCUT2D eigenvalue weighted by Crippen LogP contribution is -1.91. The summed E-state index contributed by atoms with van der Waals surface area (Å²) < 4.78 is 15.9. The quantitative estimate of drug-likeness (QED) is 0.821. The van der Waals surface area contributed by atoms with Crippen LogP contribution in [-0.4, -0.2) is 21.3 Å². The van der Waals surface area contributed by atoms with Gasteiger partial charge in [-0.2, -0.15) is 0 Å². The monoisotopic (exact) mass is 237 g/mol. The van der Waals surface area contributed by atoms with Crippen LogP contribution in [0.15, 0.2) is 12.1 Å². The van der Waals surface area contributed by atoms with Gasteiger partial charge in [0.15, 0.2) is 16.6 Å². The van der Waals surface area contributed by atoms with Crippen LogP contribution in [0.5, 0.6) is 16.6 Å². The molecule has 0 N–H and O–H groups in total. The van der Waals surface area contributed by atoms with Crippen molar-refractivity contribution in [2.24, 2.45) is 0 Å². The summed E-state index contributed by atoms with van der Waals surface area (Å²) in [6.45, 7) is 4.00. The maximum Gasteiger partial charge on any atom is 0.181 e. The molecule has 1 radical (unpaired) electrons. The largest absolute Gasteiger partial charge is 0.493 e. The first-order chi connectivity index (χ1) is 7.72. The summed E-state index contributed by atoms with van der Waals surface area (Å²) in [5, 5.41) is 2.82. The molecule has 0 saturated heterocycles. The minimum absolute atomic E-state index is 0.709. The molecular formula is C12H13O3S. The van der Waals surface area contributed by atoms with Crippen molar-refractivity contribution in [3.05, 3.63) is 23.9 Å². The highest BCUT2D eigenvalue weighted by Crippen LogP contribution is 2.45. The highest BCUT2D eigenvalue weighted by Gasteiger charge is 2.16. The number of hydrogen-bond acceptors (Lipinski definition) is 4. The minimum atomic E-state index is 0.709. The Labute approximate surface area is 98.6 Å². The first kappa shape index (κ1) is 11.1. The van der Waals surface area contributed by atoms with Gasteiger partial charge in [-0.3, -0.25) is 0 Å². The fourth-order valence-corrected chi connectivity index (χ4v) is 2.64. The molecule has 3 nitrogen and oxygen atoms in total. The Hall–Kier alpha value is -1.42. The van der Waals surface area contributed by atoms with Crippen LogP contribution in [0.2, 0.25) is 0 Å². The van der Waals surface area contributed by atoms with Gasteiger partial charge >= 0.3 is 0 Å². The normalized spacial score (nSPS) is 10.5. The second-order valence-corrected chi connectivity index (χ2v) is 4.31. The van der Waals surface area contributed by atoms with Crippen molar-refractivity contribution < 1.29 is 14.2 Å². The van der Waals surface area contributed by atoms with Crippen LogP contribution in [0.25, 0.3) is 10.8 Å². The molecule has 0 aliphatic rings. The average molecular weight is 237 g/mol. The highest BCUT2D eigenvalue weighted by molar-refractivity contribution is 7.16. The molecule has 0 spiro atoms. The Bertz CT molecular complexity index is 516. The molecule has 0 unspecified atom stereocenters. The Morgan fingerprint density at radius 2 is 1.81 bits per heavy atom. The summed E-state index contributed by atoms with van der Waals surface area (Å²) >= 11 is 1.51. The highest BCUT2D eigenvalue weighted by atomic mass is 32.1. The molecule has 0 fully saturated rings. The molecule has 16 heavy (non-hydrogen) atoms. The molecule has 0 aliphatic carbocycles. The third-order valence-electron chi connectivity index (χ3n) is 2.45. The summed E-state index contributed by atoms with van der Waals surface area (Å²) in [5.41, 5.74) is 0. The number of rotatable bonds is 3. The number of ether oxygens (including phenoxy) is 3. The van der Waals surface area contributed by atoms with Crippen molar-refractivity contribution in [1.82, 2.24) is 0 Å². The molecule has 1 aromatic carbocycles.